The molecule has 2 saturated heterocycles. The van der Waals surface area contributed by atoms with Crippen LogP contribution in [0.5, 0.6) is 0 Å². The van der Waals surface area contributed by atoms with Crippen molar-refractivity contribution in [2.75, 3.05) is 19.8 Å². The molecule has 16 heteroatoms. The molecule has 0 unspecified atom stereocenters. The summed E-state index contributed by atoms with van der Waals surface area (Å²) in [6, 6.07) is -2.70. The number of aliphatic hydroxyl groups excluding tert-OH is 8. The van der Waals surface area contributed by atoms with E-state index >= 15 is 0 Å². The van der Waals surface area contributed by atoms with Gasteiger partial charge in [0.15, 0.2) is 5.79 Å². The quantitative estimate of drug-likeness (QED) is 0.132. The van der Waals surface area contributed by atoms with E-state index in [1.807, 2.05) is 0 Å². The molecule has 2 fully saturated rings. The Morgan fingerprint density at radius 3 is 1.79 bits per heavy atom. The smallest absolute Gasteiger partial charge is 0.364 e. The van der Waals surface area contributed by atoms with Gasteiger partial charge < -0.3 is 76.7 Å². The van der Waals surface area contributed by atoms with Crippen molar-refractivity contribution in [1.82, 2.24) is 0 Å². The lowest BCUT2D eigenvalue weighted by atomic mass is 9.88. The summed E-state index contributed by atoms with van der Waals surface area (Å²) in [5.41, 5.74) is 11.5. The van der Waals surface area contributed by atoms with E-state index in [1.165, 1.54) is 0 Å². The topological polar surface area (TPSA) is 299 Å². The molecule has 200 valence electrons. The Balaban J connectivity index is 2.25. The van der Waals surface area contributed by atoms with Gasteiger partial charge in [-0.25, -0.2) is 4.79 Å². The number of rotatable bonds is 10. The Kier molecular flexibility index (Phi) is 9.70. The van der Waals surface area contributed by atoms with E-state index in [0.29, 0.717) is 0 Å². The number of ether oxygens (including phenoxy) is 3. The summed E-state index contributed by atoms with van der Waals surface area (Å²) in [5.74, 6) is -7.01. The first-order valence-corrected chi connectivity index (χ1v) is 10.5. The van der Waals surface area contributed by atoms with Crippen LogP contribution in [0.1, 0.15) is 12.8 Å². The molecule has 2 heterocycles. The number of nitrogens with two attached hydrogens (primary N) is 2. The van der Waals surface area contributed by atoms with Gasteiger partial charge in [-0.05, 0) is 0 Å². The minimum atomic E-state index is -2.72. The van der Waals surface area contributed by atoms with E-state index in [9.17, 15) is 45.6 Å². The van der Waals surface area contributed by atoms with E-state index in [1.54, 1.807) is 0 Å². The van der Waals surface area contributed by atoms with Crippen molar-refractivity contribution in [3.63, 3.8) is 0 Å². The molecule has 0 aromatic carbocycles. The molecule has 0 aromatic rings. The molecular weight excluding hydrogens is 468 g/mol. The van der Waals surface area contributed by atoms with Crippen LogP contribution in [0, 0.1) is 0 Å². The minimum Gasteiger partial charge on any atom is -0.477 e. The highest BCUT2D eigenvalue weighted by atomic mass is 16.7. The van der Waals surface area contributed by atoms with Gasteiger partial charge in [-0.2, -0.15) is 0 Å². The van der Waals surface area contributed by atoms with Gasteiger partial charge in [0.2, 0.25) is 0 Å². The summed E-state index contributed by atoms with van der Waals surface area (Å²) in [5, 5.41) is 98.8. The standard InChI is InChI=1S/C18H34N2O14/c19-10-6(23)1-17(31,33-14(10)12(27)8(25)3-21)5-32-18(16(29)30)2-7(24)11(20)15(34-18)13(28)9(26)4-22/h6-15,21-28,31H,1-5,19-20H2,(H,29,30)/t6-,7-,8+,9+,10+,11+,12+,13+,14+,15+,17-,18-/m0/s1. The van der Waals surface area contributed by atoms with Crippen LogP contribution in [-0.4, -0.2) is 149 Å². The largest absolute Gasteiger partial charge is 0.477 e. The maximum Gasteiger partial charge on any atom is 0.364 e. The third-order valence-electron chi connectivity index (χ3n) is 6.03. The first-order valence-electron chi connectivity index (χ1n) is 10.5. The number of aliphatic carboxylic acids is 1. The second-order valence-electron chi connectivity index (χ2n) is 8.64. The summed E-state index contributed by atoms with van der Waals surface area (Å²) >= 11 is 0. The van der Waals surface area contributed by atoms with Crippen LogP contribution in [0.25, 0.3) is 0 Å². The molecule has 0 aliphatic carbocycles. The van der Waals surface area contributed by atoms with Gasteiger partial charge in [0.25, 0.3) is 5.79 Å². The van der Waals surface area contributed by atoms with Crippen molar-refractivity contribution in [2.45, 2.75) is 85.3 Å². The van der Waals surface area contributed by atoms with Crippen LogP contribution in [0.15, 0.2) is 0 Å². The summed E-state index contributed by atoms with van der Waals surface area (Å²) in [6.45, 7) is -2.86. The number of carboxylic acid groups (broad SMARTS) is 1. The zero-order chi connectivity index (χ0) is 26.0. The van der Waals surface area contributed by atoms with E-state index in [4.69, 9.17) is 35.9 Å². The predicted octanol–water partition coefficient (Wildman–Crippen LogP) is -7.15. The van der Waals surface area contributed by atoms with Crippen molar-refractivity contribution in [3.05, 3.63) is 0 Å². The van der Waals surface area contributed by atoms with E-state index in [0.717, 1.165) is 0 Å². The van der Waals surface area contributed by atoms with Crippen molar-refractivity contribution < 1.29 is 70.1 Å². The van der Waals surface area contributed by atoms with Crippen molar-refractivity contribution in [3.8, 4) is 0 Å². The average molecular weight is 502 g/mol. The predicted molar refractivity (Wildman–Crippen MR) is 106 cm³/mol. The lowest BCUT2D eigenvalue weighted by Crippen LogP contribution is -2.68. The number of carbonyl (C=O) groups is 1. The Labute approximate surface area is 193 Å². The van der Waals surface area contributed by atoms with E-state index < -0.39 is 111 Å². The van der Waals surface area contributed by atoms with Crippen molar-refractivity contribution in [2.24, 2.45) is 11.5 Å². The molecule has 16 nitrogen and oxygen atoms in total. The van der Waals surface area contributed by atoms with Crippen LogP contribution >= 0.6 is 0 Å². The van der Waals surface area contributed by atoms with Gasteiger partial charge >= 0.3 is 5.97 Å². The van der Waals surface area contributed by atoms with Crippen LogP contribution in [-0.2, 0) is 19.0 Å². The first kappa shape index (κ1) is 29.1. The lowest BCUT2D eigenvalue weighted by Gasteiger charge is -2.48. The van der Waals surface area contributed by atoms with Gasteiger partial charge in [-0.3, -0.25) is 0 Å². The fraction of sp³-hybridized carbons (Fsp3) is 0.944. The molecule has 12 atom stereocenters. The summed E-state index contributed by atoms with van der Waals surface area (Å²) in [6.07, 6.45) is -15.2. The van der Waals surface area contributed by atoms with Gasteiger partial charge in [-0.1, -0.05) is 0 Å². The van der Waals surface area contributed by atoms with Crippen LogP contribution < -0.4 is 11.5 Å². The SMILES string of the molecule is N[C@H]1[C@H]([C@H](O)[C@H](O)CO)O[C@](O)(CO[C@@]2(C(=O)O)C[C@H](O)[C@@H](N)[C@H]([C@H](O)[C@H](O)CO)O2)C[C@@H]1O. The monoisotopic (exact) mass is 502 g/mol. The van der Waals surface area contributed by atoms with Crippen molar-refractivity contribution >= 4 is 5.97 Å². The lowest BCUT2D eigenvalue weighted by molar-refractivity contribution is -0.358. The average Bonchev–Trinajstić information content (AvgIpc) is 2.80. The van der Waals surface area contributed by atoms with Gasteiger partial charge in [-0.15, -0.1) is 0 Å². The fourth-order valence-corrected chi connectivity index (χ4v) is 3.90. The highest BCUT2D eigenvalue weighted by Crippen LogP contribution is 2.36. The second kappa shape index (κ2) is 11.3. The zero-order valence-corrected chi connectivity index (χ0v) is 18.1. The Hall–Kier alpha value is -1.09. The summed E-state index contributed by atoms with van der Waals surface area (Å²) in [7, 11) is 0. The molecule has 0 amide bonds. The molecular formula is C18H34N2O14. The first-order chi connectivity index (χ1) is 15.7. The molecule has 2 aliphatic heterocycles. The number of hydrogen-bond acceptors (Lipinski definition) is 15. The van der Waals surface area contributed by atoms with Gasteiger partial charge in [0.1, 0.15) is 43.2 Å². The van der Waals surface area contributed by atoms with Crippen molar-refractivity contribution in [1.29, 1.82) is 0 Å². The molecule has 14 N–H and O–H groups in total. The molecule has 0 spiro atoms. The van der Waals surface area contributed by atoms with Gasteiger partial charge in [0.05, 0.1) is 37.5 Å². The molecule has 0 bridgehead atoms. The number of hydrogen-bond donors (Lipinski definition) is 12. The molecule has 0 radical (unpaired) electrons. The normalized spacial score (nSPS) is 42.6. The number of aliphatic hydroxyl groups is 9. The zero-order valence-electron chi connectivity index (χ0n) is 18.1. The van der Waals surface area contributed by atoms with Crippen LogP contribution in [0.3, 0.4) is 0 Å². The highest BCUT2D eigenvalue weighted by Gasteiger charge is 2.56. The van der Waals surface area contributed by atoms with Crippen LogP contribution in [0.2, 0.25) is 0 Å². The third-order valence-corrected chi connectivity index (χ3v) is 6.03. The molecule has 34 heavy (non-hydrogen) atoms. The summed E-state index contributed by atoms with van der Waals surface area (Å²) < 4.78 is 15.9. The van der Waals surface area contributed by atoms with E-state index in [2.05, 4.69) is 0 Å². The minimum absolute atomic E-state index is 0.625. The summed E-state index contributed by atoms with van der Waals surface area (Å²) in [4.78, 5) is 12.0. The van der Waals surface area contributed by atoms with E-state index in [-0.39, 0.29) is 0 Å². The number of carboxylic acids is 1. The third kappa shape index (κ3) is 6.00. The molecule has 0 saturated carbocycles. The van der Waals surface area contributed by atoms with Crippen LogP contribution in [0.4, 0.5) is 0 Å². The maximum atomic E-state index is 12.0. The molecule has 0 aromatic heterocycles. The van der Waals surface area contributed by atoms with Gasteiger partial charge in [0, 0.05) is 12.8 Å². The second-order valence-corrected chi connectivity index (χ2v) is 8.64. The molecule has 2 aliphatic rings. The Morgan fingerprint density at radius 1 is 0.912 bits per heavy atom. The fourth-order valence-electron chi connectivity index (χ4n) is 3.90. The highest BCUT2D eigenvalue weighted by molar-refractivity contribution is 5.76. The Bertz CT molecular complexity index is 689. The maximum absolute atomic E-state index is 12.0. The Morgan fingerprint density at radius 2 is 1.35 bits per heavy atom. The molecule has 2 rings (SSSR count).